The predicted octanol–water partition coefficient (Wildman–Crippen LogP) is 6.26. The predicted molar refractivity (Wildman–Crippen MR) is 148 cm³/mol. The second-order valence-electron chi connectivity index (χ2n) is 13.3. The number of hydrogen-bond donors (Lipinski definition) is 1. The van der Waals surface area contributed by atoms with Gasteiger partial charge in [-0.1, -0.05) is 42.5 Å². The molecule has 2 saturated heterocycles. The summed E-state index contributed by atoms with van der Waals surface area (Å²) in [6, 6.07) is 25.1. The van der Waals surface area contributed by atoms with Crippen LogP contribution in [0.3, 0.4) is 0 Å². The van der Waals surface area contributed by atoms with Crippen LogP contribution >= 0.6 is 0 Å². The highest BCUT2D eigenvalue weighted by molar-refractivity contribution is 5.83. The Morgan fingerprint density at radius 2 is 1.86 bits per heavy atom. The molecule has 3 saturated carbocycles. The van der Waals surface area contributed by atoms with E-state index in [0.29, 0.717) is 34.9 Å². The molecule has 0 radical (unpaired) electrons. The van der Waals surface area contributed by atoms with Gasteiger partial charge in [0.25, 0.3) is 0 Å². The fraction of sp³-hybridized carbons (Fsp3) is 0.529. The Kier molecular flexibility index (Phi) is 4.31. The third-order valence-electron chi connectivity index (χ3n) is 12.1. The fourth-order valence-electron chi connectivity index (χ4n) is 10.7. The number of benzene rings is 3. The highest BCUT2D eigenvalue weighted by Gasteiger charge is 2.76. The molecular formula is C34H38N2O. The Morgan fingerprint density at radius 1 is 0.973 bits per heavy atom. The van der Waals surface area contributed by atoms with Gasteiger partial charge in [-0.3, -0.25) is 4.90 Å². The molecule has 4 bridgehead atoms. The van der Waals surface area contributed by atoms with E-state index in [4.69, 9.17) is 4.74 Å². The molecule has 3 aromatic rings. The highest BCUT2D eigenvalue weighted by Crippen LogP contribution is 2.76. The Bertz CT molecular complexity index is 1410. The smallest absolute Gasteiger partial charge is 0.119 e. The van der Waals surface area contributed by atoms with Crippen LogP contribution in [-0.4, -0.2) is 37.2 Å². The summed E-state index contributed by atoms with van der Waals surface area (Å²) in [5.74, 6) is 3.47. The zero-order chi connectivity index (χ0) is 24.4. The molecule has 1 N–H and O–H groups in total. The first kappa shape index (κ1) is 21.6. The minimum Gasteiger partial charge on any atom is -0.497 e. The van der Waals surface area contributed by atoms with Crippen LogP contribution in [0.5, 0.6) is 5.75 Å². The quantitative estimate of drug-likeness (QED) is 0.467. The first-order valence-electron chi connectivity index (χ1n) is 14.9. The number of ether oxygens (including phenoxy) is 1. The van der Waals surface area contributed by atoms with Gasteiger partial charge in [0.05, 0.1) is 7.11 Å². The van der Waals surface area contributed by atoms with Crippen LogP contribution in [0.1, 0.15) is 61.3 Å². The summed E-state index contributed by atoms with van der Waals surface area (Å²) in [5, 5.41) is 6.99. The van der Waals surface area contributed by atoms with Crippen LogP contribution in [0.4, 0.5) is 0 Å². The van der Waals surface area contributed by atoms with Gasteiger partial charge in [0.2, 0.25) is 0 Å². The number of piperidine rings is 1. The lowest BCUT2D eigenvalue weighted by Gasteiger charge is -2.66. The number of hydrogen-bond acceptors (Lipinski definition) is 3. The van der Waals surface area contributed by atoms with E-state index in [2.05, 4.69) is 70.9 Å². The first-order valence-corrected chi connectivity index (χ1v) is 14.9. The molecule has 9 rings (SSSR count). The van der Waals surface area contributed by atoms with Crippen molar-refractivity contribution < 1.29 is 4.74 Å². The average Bonchev–Trinajstić information content (AvgIpc) is 3.62. The molecule has 3 aromatic carbocycles. The molecule has 0 aromatic heterocycles. The Balaban J connectivity index is 1.20. The van der Waals surface area contributed by atoms with E-state index >= 15 is 0 Å². The summed E-state index contributed by atoms with van der Waals surface area (Å²) in [7, 11) is 1.84. The average molecular weight is 491 g/mol. The first-order chi connectivity index (χ1) is 18.2. The monoisotopic (exact) mass is 490 g/mol. The molecule has 7 atom stereocenters. The lowest BCUT2D eigenvalue weighted by atomic mass is 9.43. The van der Waals surface area contributed by atoms with Crippen LogP contribution in [0, 0.1) is 23.2 Å². The van der Waals surface area contributed by atoms with Gasteiger partial charge in [-0.2, -0.15) is 0 Å². The van der Waals surface area contributed by atoms with E-state index in [1.54, 1.807) is 11.1 Å². The number of fused-ring (bicyclic) bond motifs is 2. The van der Waals surface area contributed by atoms with Crippen molar-refractivity contribution in [3.63, 3.8) is 0 Å². The largest absolute Gasteiger partial charge is 0.497 e. The van der Waals surface area contributed by atoms with Gasteiger partial charge in [-0.05, 0) is 120 Å². The lowest BCUT2D eigenvalue weighted by molar-refractivity contribution is -0.0945. The molecule has 3 heteroatoms. The van der Waals surface area contributed by atoms with E-state index in [1.165, 1.54) is 74.4 Å². The van der Waals surface area contributed by atoms with Crippen LogP contribution in [0.15, 0.2) is 60.7 Å². The highest BCUT2D eigenvalue weighted by atomic mass is 16.5. The van der Waals surface area contributed by atoms with Crippen LogP contribution in [-0.2, 0) is 11.8 Å². The van der Waals surface area contributed by atoms with Gasteiger partial charge in [0.15, 0.2) is 0 Å². The molecule has 5 fully saturated rings. The topological polar surface area (TPSA) is 24.5 Å². The number of rotatable bonds is 4. The van der Waals surface area contributed by atoms with Crippen molar-refractivity contribution in [2.24, 2.45) is 23.2 Å². The van der Waals surface area contributed by atoms with E-state index in [-0.39, 0.29) is 0 Å². The van der Waals surface area contributed by atoms with Crippen molar-refractivity contribution >= 4 is 10.8 Å². The molecule has 2 heterocycles. The lowest BCUT2D eigenvalue weighted by Crippen LogP contribution is -2.69. The third-order valence-corrected chi connectivity index (χ3v) is 12.1. The summed E-state index contributed by atoms with van der Waals surface area (Å²) >= 11 is 0. The second-order valence-corrected chi connectivity index (χ2v) is 13.3. The number of likely N-dealkylation sites (tertiary alicyclic amines) is 1. The molecule has 37 heavy (non-hydrogen) atoms. The number of methoxy groups -OCH3 is 1. The van der Waals surface area contributed by atoms with Crippen LogP contribution in [0.25, 0.3) is 10.8 Å². The maximum atomic E-state index is 5.84. The molecular weight excluding hydrogens is 452 g/mol. The fourth-order valence-corrected chi connectivity index (χ4v) is 10.7. The van der Waals surface area contributed by atoms with E-state index in [0.717, 1.165) is 17.6 Å². The van der Waals surface area contributed by atoms with Gasteiger partial charge in [-0.15, -0.1) is 0 Å². The van der Waals surface area contributed by atoms with E-state index in [9.17, 15) is 0 Å². The molecule has 4 aliphatic carbocycles. The van der Waals surface area contributed by atoms with Crippen LogP contribution in [0.2, 0.25) is 0 Å². The molecule has 0 spiro atoms. The van der Waals surface area contributed by atoms with Gasteiger partial charge in [0.1, 0.15) is 5.75 Å². The standard InChI is InChI=1S/C34H38N2O/c1-37-26-11-10-24-17-30-33-13-12-29-31(34(33,28(24)18-26)14-15-36(30)20-21-6-7-21)27(19-33)32(35-29)25-9-8-22-4-2-3-5-23(22)16-25/h2-5,8-11,16,18,21,27,29-32,35H,6-7,12-15,17,19-20H2,1H3/t27-,29?,30?,31?,32+,33?,34?/m0/s1. The summed E-state index contributed by atoms with van der Waals surface area (Å²) in [4.78, 5) is 2.99. The molecule has 2 aliphatic heterocycles. The van der Waals surface area contributed by atoms with Crippen molar-refractivity contribution in [3.05, 3.63) is 77.4 Å². The molecule has 6 aliphatic rings. The Hall–Kier alpha value is -2.36. The van der Waals surface area contributed by atoms with Crippen molar-refractivity contribution in [1.29, 1.82) is 0 Å². The Labute approximate surface area is 220 Å². The molecule has 3 nitrogen and oxygen atoms in total. The SMILES string of the molecule is COc1ccc2c(c1)C13CCN(CC4CC4)C(C2)C12CCC1N[C@H](c4ccc5ccccc5c4)[C@@H](C2)C13. The second kappa shape index (κ2) is 7.39. The van der Waals surface area contributed by atoms with Gasteiger partial charge in [0, 0.05) is 30.1 Å². The third kappa shape index (κ3) is 2.70. The van der Waals surface area contributed by atoms with Crippen LogP contribution < -0.4 is 10.1 Å². The summed E-state index contributed by atoms with van der Waals surface area (Å²) in [6.45, 7) is 2.63. The molecule has 5 unspecified atom stereocenters. The van der Waals surface area contributed by atoms with Gasteiger partial charge in [-0.25, -0.2) is 0 Å². The minimum atomic E-state index is 0.298. The van der Waals surface area contributed by atoms with Crippen molar-refractivity contribution in [2.75, 3.05) is 20.2 Å². The normalized spacial score (nSPS) is 39.4. The van der Waals surface area contributed by atoms with Crippen molar-refractivity contribution in [3.8, 4) is 5.75 Å². The van der Waals surface area contributed by atoms with Crippen molar-refractivity contribution in [2.45, 2.75) is 68.5 Å². The maximum Gasteiger partial charge on any atom is 0.119 e. The van der Waals surface area contributed by atoms with E-state index < -0.39 is 0 Å². The minimum absolute atomic E-state index is 0.298. The van der Waals surface area contributed by atoms with Crippen molar-refractivity contribution in [1.82, 2.24) is 10.2 Å². The molecule has 190 valence electrons. The number of nitrogens with zero attached hydrogens (tertiary/aromatic N) is 1. The summed E-state index contributed by atoms with van der Waals surface area (Å²) in [6.07, 6.45) is 9.62. The zero-order valence-electron chi connectivity index (χ0n) is 22.0. The van der Waals surface area contributed by atoms with Gasteiger partial charge < -0.3 is 10.1 Å². The van der Waals surface area contributed by atoms with E-state index in [1.807, 2.05) is 7.11 Å². The van der Waals surface area contributed by atoms with Gasteiger partial charge >= 0.3 is 0 Å². The maximum absolute atomic E-state index is 5.84. The Morgan fingerprint density at radius 3 is 2.73 bits per heavy atom. The summed E-state index contributed by atoms with van der Waals surface area (Å²) in [5.41, 5.74) is 5.53. The molecule has 0 amide bonds. The summed E-state index contributed by atoms with van der Waals surface area (Å²) < 4.78 is 5.84. The number of nitrogens with one attached hydrogen (secondary N) is 1. The zero-order valence-corrected chi connectivity index (χ0v) is 22.0.